The number of carbonyl (C=O) groups excluding carboxylic acids is 1. The molecule has 0 aliphatic rings. The maximum atomic E-state index is 12.5. The van der Waals surface area contributed by atoms with E-state index < -0.39 is 0 Å². The van der Waals surface area contributed by atoms with E-state index >= 15 is 0 Å². The van der Waals surface area contributed by atoms with Gasteiger partial charge in [0.15, 0.2) is 0 Å². The minimum absolute atomic E-state index is 0.180. The van der Waals surface area contributed by atoms with Crippen molar-refractivity contribution in [1.82, 2.24) is 9.38 Å². The number of nitrogens with one attached hydrogen (secondary N) is 1. The molecule has 30 heavy (non-hydrogen) atoms. The van der Waals surface area contributed by atoms with Crippen LogP contribution in [0.3, 0.4) is 0 Å². The van der Waals surface area contributed by atoms with Crippen molar-refractivity contribution >= 4 is 29.0 Å². The monoisotopic (exact) mass is 413 g/mol. The first kappa shape index (κ1) is 19.6. The number of hydrogen-bond acceptors (Lipinski definition) is 4. The average Bonchev–Trinajstić information content (AvgIpc) is 3.20. The molecule has 5 nitrogen and oxygen atoms in total. The van der Waals surface area contributed by atoms with E-state index in [1.54, 1.807) is 36.0 Å². The molecule has 0 radical (unpaired) electrons. The Hall–Kier alpha value is -3.69. The molecule has 2 aromatic heterocycles. The number of pyridine rings is 1. The number of imidazole rings is 1. The fourth-order valence-corrected chi connectivity index (χ4v) is 3.69. The Morgan fingerprint density at radius 2 is 2.00 bits per heavy atom. The van der Waals surface area contributed by atoms with Gasteiger partial charge in [-0.3, -0.25) is 4.79 Å². The topological polar surface area (TPSA) is 55.6 Å². The molecule has 0 atom stereocenters. The second kappa shape index (κ2) is 9.21. The summed E-state index contributed by atoms with van der Waals surface area (Å²) in [5.74, 6) is 3.62. The average molecular weight is 414 g/mol. The normalized spacial score (nSPS) is 10.5. The van der Waals surface area contributed by atoms with E-state index in [0.29, 0.717) is 17.0 Å². The maximum absolute atomic E-state index is 12.5. The van der Waals surface area contributed by atoms with Crippen molar-refractivity contribution in [2.75, 3.05) is 11.9 Å². The SMILES string of the molecule is C#CCOc1cccc(NC(=O)c2ccc(SCc3cn4ccccc4n3)cc2)c1. The van der Waals surface area contributed by atoms with E-state index in [0.717, 1.165) is 22.0 Å². The van der Waals surface area contributed by atoms with E-state index in [2.05, 4.69) is 16.2 Å². The molecule has 0 saturated carbocycles. The lowest BCUT2D eigenvalue weighted by molar-refractivity contribution is 0.102. The first-order chi connectivity index (χ1) is 14.7. The van der Waals surface area contributed by atoms with Gasteiger partial charge in [0.05, 0.1) is 5.69 Å². The number of hydrogen-bond donors (Lipinski definition) is 1. The number of thioether (sulfide) groups is 1. The Bertz CT molecular complexity index is 1180. The highest BCUT2D eigenvalue weighted by atomic mass is 32.2. The lowest BCUT2D eigenvalue weighted by atomic mass is 10.2. The van der Waals surface area contributed by atoms with Gasteiger partial charge in [0, 0.05) is 40.4 Å². The highest BCUT2D eigenvalue weighted by Crippen LogP contribution is 2.24. The minimum atomic E-state index is -0.180. The predicted molar refractivity (Wildman–Crippen MR) is 120 cm³/mol. The van der Waals surface area contributed by atoms with Gasteiger partial charge >= 0.3 is 0 Å². The first-order valence-electron chi connectivity index (χ1n) is 9.34. The summed E-state index contributed by atoms with van der Waals surface area (Å²) in [5, 5.41) is 2.88. The summed E-state index contributed by atoms with van der Waals surface area (Å²) >= 11 is 1.68. The molecule has 0 fully saturated rings. The third-order valence-electron chi connectivity index (χ3n) is 4.33. The Labute approximate surface area is 179 Å². The van der Waals surface area contributed by atoms with Crippen LogP contribution in [0.4, 0.5) is 5.69 Å². The fourth-order valence-electron chi connectivity index (χ4n) is 2.91. The summed E-state index contributed by atoms with van der Waals surface area (Å²) in [6, 6.07) is 20.6. The van der Waals surface area contributed by atoms with Gasteiger partial charge in [0.25, 0.3) is 5.91 Å². The molecule has 1 N–H and O–H groups in total. The number of anilines is 1. The fraction of sp³-hybridized carbons (Fsp3) is 0.0833. The van der Waals surface area contributed by atoms with Gasteiger partial charge in [0.1, 0.15) is 18.0 Å². The highest BCUT2D eigenvalue weighted by molar-refractivity contribution is 7.98. The van der Waals surface area contributed by atoms with Crippen molar-refractivity contribution in [2.24, 2.45) is 0 Å². The number of rotatable bonds is 7. The molecule has 0 bridgehead atoms. The van der Waals surface area contributed by atoms with Crippen molar-refractivity contribution in [3.8, 4) is 18.1 Å². The van der Waals surface area contributed by atoms with Crippen molar-refractivity contribution < 1.29 is 9.53 Å². The summed E-state index contributed by atoms with van der Waals surface area (Å²) in [7, 11) is 0. The van der Waals surface area contributed by atoms with Gasteiger partial charge in [-0.05, 0) is 48.5 Å². The lowest BCUT2D eigenvalue weighted by Crippen LogP contribution is -2.11. The highest BCUT2D eigenvalue weighted by Gasteiger charge is 2.08. The van der Waals surface area contributed by atoms with Crippen LogP contribution in [0.15, 0.2) is 84.0 Å². The van der Waals surface area contributed by atoms with E-state index in [9.17, 15) is 4.79 Å². The summed E-state index contributed by atoms with van der Waals surface area (Å²) in [6.07, 6.45) is 9.22. The molecule has 1 amide bonds. The minimum Gasteiger partial charge on any atom is -0.481 e. The third-order valence-corrected chi connectivity index (χ3v) is 5.38. The number of ether oxygens (including phenoxy) is 1. The maximum Gasteiger partial charge on any atom is 0.255 e. The van der Waals surface area contributed by atoms with Crippen LogP contribution >= 0.6 is 11.8 Å². The smallest absolute Gasteiger partial charge is 0.255 e. The standard InChI is InChI=1S/C24H19N3O2S/c1-2-14-29-21-7-5-6-19(15-21)26-24(28)18-9-11-22(12-10-18)30-17-20-16-27-13-4-3-8-23(27)25-20/h1,3-13,15-16H,14,17H2,(H,26,28). The molecule has 0 aliphatic heterocycles. The molecule has 0 unspecified atom stereocenters. The summed E-state index contributed by atoms with van der Waals surface area (Å²) in [4.78, 5) is 18.2. The zero-order valence-electron chi connectivity index (χ0n) is 16.1. The summed E-state index contributed by atoms with van der Waals surface area (Å²) in [6.45, 7) is 0.186. The lowest BCUT2D eigenvalue weighted by Gasteiger charge is -2.08. The molecule has 6 heteroatoms. The molecular formula is C24H19N3O2S. The molecule has 0 aliphatic carbocycles. The van der Waals surface area contributed by atoms with Crippen molar-refractivity contribution in [3.05, 3.63) is 90.4 Å². The molecule has 2 heterocycles. The quantitative estimate of drug-likeness (QED) is 0.346. The van der Waals surface area contributed by atoms with E-state index in [4.69, 9.17) is 11.2 Å². The van der Waals surface area contributed by atoms with E-state index in [-0.39, 0.29) is 12.5 Å². The van der Waals surface area contributed by atoms with Gasteiger partial charge < -0.3 is 14.5 Å². The molecule has 4 aromatic rings. The van der Waals surface area contributed by atoms with Crippen LogP contribution in [0.5, 0.6) is 5.75 Å². The van der Waals surface area contributed by atoms with Crippen LogP contribution in [-0.4, -0.2) is 21.9 Å². The molecule has 0 saturated heterocycles. The second-order valence-corrected chi connectivity index (χ2v) is 7.53. The van der Waals surface area contributed by atoms with Crippen LogP contribution in [0.25, 0.3) is 5.65 Å². The largest absolute Gasteiger partial charge is 0.481 e. The Balaban J connectivity index is 1.35. The van der Waals surface area contributed by atoms with E-state index in [1.165, 1.54) is 0 Å². The van der Waals surface area contributed by atoms with Gasteiger partial charge in [-0.1, -0.05) is 18.1 Å². The summed E-state index contributed by atoms with van der Waals surface area (Å²) in [5.41, 5.74) is 3.19. The van der Waals surface area contributed by atoms with Gasteiger partial charge in [0.2, 0.25) is 0 Å². The van der Waals surface area contributed by atoms with Gasteiger partial charge in [-0.15, -0.1) is 18.2 Å². The number of fused-ring (bicyclic) bond motifs is 1. The second-order valence-electron chi connectivity index (χ2n) is 6.49. The Morgan fingerprint density at radius 3 is 2.80 bits per heavy atom. The summed E-state index contributed by atoms with van der Waals surface area (Å²) < 4.78 is 7.39. The van der Waals surface area contributed by atoms with E-state index in [1.807, 2.05) is 59.3 Å². The van der Waals surface area contributed by atoms with Crippen LogP contribution in [-0.2, 0) is 5.75 Å². The zero-order valence-corrected chi connectivity index (χ0v) is 16.9. The van der Waals surface area contributed by atoms with Crippen LogP contribution in [0, 0.1) is 12.3 Å². The third kappa shape index (κ3) is 4.83. The molecule has 148 valence electrons. The number of carbonyl (C=O) groups is 1. The van der Waals surface area contributed by atoms with Gasteiger partial charge in [-0.25, -0.2) is 4.98 Å². The Kier molecular flexibility index (Phi) is 6.02. The van der Waals surface area contributed by atoms with Crippen molar-refractivity contribution in [1.29, 1.82) is 0 Å². The predicted octanol–water partition coefficient (Wildman–Crippen LogP) is 4.89. The number of aromatic nitrogens is 2. The molecule has 0 spiro atoms. The molecule has 2 aromatic carbocycles. The van der Waals surface area contributed by atoms with Gasteiger partial charge in [-0.2, -0.15) is 0 Å². The van der Waals surface area contributed by atoms with Crippen LogP contribution in [0.2, 0.25) is 0 Å². The number of benzene rings is 2. The van der Waals surface area contributed by atoms with Crippen LogP contribution < -0.4 is 10.1 Å². The zero-order chi connectivity index (χ0) is 20.8. The van der Waals surface area contributed by atoms with Crippen LogP contribution in [0.1, 0.15) is 16.1 Å². The number of terminal acetylenes is 1. The number of nitrogens with zero attached hydrogens (tertiary/aromatic N) is 2. The molecular weight excluding hydrogens is 394 g/mol. The van der Waals surface area contributed by atoms with Crippen molar-refractivity contribution in [2.45, 2.75) is 10.6 Å². The molecule has 4 rings (SSSR count). The van der Waals surface area contributed by atoms with Crippen molar-refractivity contribution in [3.63, 3.8) is 0 Å². The number of amides is 1. The Morgan fingerprint density at radius 1 is 1.13 bits per heavy atom. The first-order valence-corrected chi connectivity index (χ1v) is 10.3.